The van der Waals surface area contributed by atoms with Crippen LogP contribution in [0.15, 0.2) is 73.1 Å². The molecule has 0 bridgehead atoms. The Labute approximate surface area is 197 Å². The predicted octanol–water partition coefficient (Wildman–Crippen LogP) is 1.86. The minimum Gasteiger partial charge on any atom is -0.479 e. The number of carboxylic acids is 1. The summed E-state index contributed by atoms with van der Waals surface area (Å²) in [5.74, 6) is -1.44. The number of amides is 2. The molecule has 2 amide bonds. The number of hydrogen-bond acceptors (Lipinski definition) is 7. The quantitative estimate of drug-likeness (QED) is 0.384. The highest BCUT2D eigenvalue weighted by atomic mass is 16.5. The molecule has 6 N–H and O–H groups in total. The Kier molecular flexibility index (Phi) is 9.93. The van der Waals surface area contributed by atoms with Crippen molar-refractivity contribution >= 4 is 18.0 Å². The number of benzene rings is 1. The van der Waals surface area contributed by atoms with Crippen molar-refractivity contribution in [2.75, 3.05) is 0 Å². The number of allylic oxidation sites excluding steroid dienone is 2. The van der Waals surface area contributed by atoms with E-state index in [0.717, 1.165) is 11.1 Å². The van der Waals surface area contributed by atoms with Gasteiger partial charge in [-0.1, -0.05) is 36.4 Å². The second kappa shape index (κ2) is 12.9. The van der Waals surface area contributed by atoms with E-state index < -0.39 is 23.8 Å². The Bertz CT molecular complexity index is 1020. The lowest BCUT2D eigenvalue weighted by molar-refractivity contribution is -0.145. The van der Waals surface area contributed by atoms with Crippen LogP contribution < -0.4 is 16.4 Å². The van der Waals surface area contributed by atoms with Gasteiger partial charge in [-0.15, -0.1) is 0 Å². The van der Waals surface area contributed by atoms with E-state index in [1.807, 2.05) is 24.3 Å². The van der Waals surface area contributed by atoms with Crippen molar-refractivity contribution in [2.45, 2.75) is 38.3 Å². The third kappa shape index (κ3) is 9.23. The number of carbonyl (C=O) groups excluding carboxylic acids is 2. The van der Waals surface area contributed by atoms with Gasteiger partial charge in [0.2, 0.25) is 0 Å². The van der Waals surface area contributed by atoms with Gasteiger partial charge in [-0.05, 0) is 36.8 Å². The van der Waals surface area contributed by atoms with Crippen molar-refractivity contribution in [3.8, 4) is 0 Å². The van der Waals surface area contributed by atoms with Gasteiger partial charge in [0, 0.05) is 36.5 Å². The molecule has 0 saturated carbocycles. The molecule has 1 aromatic carbocycles. The van der Waals surface area contributed by atoms with E-state index in [1.54, 1.807) is 48.8 Å². The van der Waals surface area contributed by atoms with Gasteiger partial charge in [-0.25, -0.2) is 9.59 Å². The zero-order chi connectivity index (χ0) is 25.0. The van der Waals surface area contributed by atoms with Gasteiger partial charge >= 0.3 is 12.1 Å². The van der Waals surface area contributed by atoms with Crippen molar-refractivity contribution in [1.29, 1.82) is 0 Å². The van der Waals surface area contributed by atoms with Crippen LogP contribution in [0, 0.1) is 0 Å². The Morgan fingerprint density at radius 2 is 1.88 bits per heavy atom. The molecule has 34 heavy (non-hydrogen) atoms. The average Bonchev–Trinajstić information content (AvgIpc) is 2.83. The first kappa shape index (κ1) is 26.2. The number of nitrogens with two attached hydrogens (primary N) is 1. The van der Waals surface area contributed by atoms with E-state index in [1.165, 1.54) is 6.92 Å². The Hall–Kier alpha value is -4.02. The van der Waals surface area contributed by atoms with Crippen LogP contribution in [0.2, 0.25) is 0 Å². The maximum absolute atomic E-state index is 12.4. The first-order valence-corrected chi connectivity index (χ1v) is 10.4. The summed E-state index contributed by atoms with van der Waals surface area (Å²) >= 11 is 0. The summed E-state index contributed by atoms with van der Waals surface area (Å²) in [6, 6.07) is 10.5. The third-order valence-electron chi connectivity index (χ3n) is 4.55. The summed E-state index contributed by atoms with van der Waals surface area (Å²) in [5.41, 5.74) is 7.43. The van der Waals surface area contributed by atoms with Crippen molar-refractivity contribution < 1.29 is 29.3 Å². The number of aliphatic hydroxyl groups is 1. The number of aromatic nitrogens is 1. The van der Waals surface area contributed by atoms with Gasteiger partial charge in [-0.2, -0.15) is 0 Å². The summed E-state index contributed by atoms with van der Waals surface area (Å²) < 4.78 is 5.13. The first-order valence-electron chi connectivity index (χ1n) is 10.4. The molecule has 1 aromatic heterocycles. The monoisotopic (exact) mass is 468 g/mol. The maximum Gasteiger partial charge on any atom is 0.407 e. The molecule has 0 radical (unpaired) electrons. The number of rotatable bonds is 7. The molecule has 2 aromatic rings. The molecule has 0 spiro atoms. The SMILES string of the molecule is CC(O)C(=O)O.NC1(NC(=O)c2ccc(CNC(=O)OCc3cccnc3)cc2)C=CC=CC1. The lowest BCUT2D eigenvalue weighted by Crippen LogP contribution is -2.54. The van der Waals surface area contributed by atoms with E-state index in [9.17, 15) is 14.4 Å². The van der Waals surface area contributed by atoms with Crippen LogP contribution in [-0.4, -0.2) is 44.9 Å². The number of alkyl carbamates (subject to hydrolysis) is 1. The number of pyridine rings is 1. The largest absolute Gasteiger partial charge is 0.479 e. The molecule has 0 saturated heterocycles. The summed E-state index contributed by atoms with van der Waals surface area (Å²) in [4.78, 5) is 37.6. The van der Waals surface area contributed by atoms with E-state index in [-0.39, 0.29) is 12.5 Å². The summed E-state index contributed by atoms with van der Waals surface area (Å²) in [5, 5.41) is 21.3. The highest BCUT2D eigenvalue weighted by Crippen LogP contribution is 2.13. The fourth-order valence-corrected chi connectivity index (χ4v) is 2.64. The van der Waals surface area contributed by atoms with Gasteiger partial charge in [0.05, 0.1) is 0 Å². The van der Waals surface area contributed by atoms with Crippen LogP contribution in [0.5, 0.6) is 0 Å². The molecule has 2 atom stereocenters. The van der Waals surface area contributed by atoms with Crippen molar-refractivity contribution in [1.82, 2.24) is 15.6 Å². The summed E-state index contributed by atoms with van der Waals surface area (Å²) in [6.45, 7) is 1.65. The van der Waals surface area contributed by atoms with Crippen LogP contribution in [0.1, 0.15) is 34.8 Å². The predicted molar refractivity (Wildman–Crippen MR) is 124 cm³/mol. The Balaban J connectivity index is 0.000000604. The fourth-order valence-electron chi connectivity index (χ4n) is 2.64. The number of carboxylic acid groups (broad SMARTS) is 1. The Morgan fingerprint density at radius 1 is 1.18 bits per heavy atom. The molecule has 10 nitrogen and oxygen atoms in total. The van der Waals surface area contributed by atoms with Crippen LogP contribution in [0.4, 0.5) is 4.79 Å². The first-order chi connectivity index (χ1) is 16.2. The van der Waals surface area contributed by atoms with Crippen molar-refractivity contribution in [3.63, 3.8) is 0 Å². The number of aliphatic hydroxyl groups excluding tert-OH is 1. The number of carbonyl (C=O) groups is 3. The van der Waals surface area contributed by atoms with E-state index >= 15 is 0 Å². The lowest BCUT2D eigenvalue weighted by atomic mass is 10.0. The van der Waals surface area contributed by atoms with E-state index in [4.69, 9.17) is 20.7 Å². The lowest BCUT2D eigenvalue weighted by Gasteiger charge is -2.27. The zero-order valence-electron chi connectivity index (χ0n) is 18.7. The molecule has 3 rings (SSSR count). The molecule has 0 fully saturated rings. The maximum atomic E-state index is 12.4. The van der Waals surface area contributed by atoms with Crippen LogP contribution in [0.3, 0.4) is 0 Å². The average molecular weight is 469 g/mol. The van der Waals surface area contributed by atoms with Crippen molar-refractivity contribution in [2.24, 2.45) is 5.73 Å². The normalized spacial score (nSPS) is 17.0. The second-order valence-corrected chi connectivity index (χ2v) is 7.49. The molecule has 1 heterocycles. The van der Waals surface area contributed by atoms with Crippen molar-refractivity contribution in [3.05, 3.63) is 89.8 Å². The third-order valence-corrected chi connectivity index (χ3v) is 4.55. The highest BCUT2D eigenvalue weighted by Gasteiger charge is 2.24. The number of ether oxygens (including phenoxy) is 1. The van der Waals surface area contributed by atoms with Gasteiger partial charge in [-0.3, -0.25) is 9.78 Å². The fraction of sp³-hybridized carbons (Fsp3) is 0.250. The number of nitrogens with one attached hydrogen (secondary N) is 2. The number of nitrogens with zero attached hydrogens (tertiary/aromatic N) is 1. The Morgan fingerprint density at radius 3 is 2.44 bits per heavy atom. The summed E-state index contributed by atoms with van der Waals surface area (Å²) in [7, 11) is 0. The molecular formula is C24H28N4O6. The number of aliphatic carboxylic acids is 1. The molecule has 0 aliphatic heterocycles. The topological polar surface area (TPSA) is 164 Å². The summed E-state index contributed by atoms with van der Waals surface area (Å²) in [6.07, 6.45) is 9.46. The van der Waals surface area contributed by atoms with Crippen LogP contribution >= 0.6 is 0 Å². The second-order valence-electron chi connectivity index (χ2n) is 7.49. The van der Waals surface area contributed by atoms with Gasteiger partial charge in [0.25, 0.3) is 5.91 Å². The van der Waals surface area contributed by atoms with E-state index in [2.05, 4.69) is 15.6 Å². The molecule has 1 aliphatic carbocycles. The van der Waals surface area contributed by atoms with Gasteiger partial charge < -0.3 is 31.3 Å². The number of hydrogen-bond donors (Lipinski definition) is 5. The minimum absolute atomic E-state index is 0.156. The standard InChI is InChI=1S/C21H22N4O3.C3H6O3/c22-21(10-2-1-3-11-21)25-19(26)18-8-6-16(7-9-18)14-24-20(27)28-15-17-5-4-12-23-13-17;1-2(4)3(5)6/h1-10,12-13H,11,14-15,22H2,(H,24,27)(H,25,26);2,4H,1H3,(H,5,6). The van der Waals surface area contributed by atoms with Crippen LogP contribution in [0.25, 0.3) is 0 Å². The molecule has 180 valence electrons. The molecule has 1 aliphatic rings. The minimum atomic E-state index is -1.23. The molecular weight excluding hydrogens is 440 g/mol. The molecule has 2 unspecified atom stereocenters. The van der Waals surface area contributed by atoms with Gasteiger partial charge in [0.1, 0.15) is 18.4 Å². The zero-order valence-corrected chi connectivity index (χ0v) is 18.7. The molecule has 10 heteroatoms. The smallest absolute Gasteiger partial charge is 0.407 e. The van der Waals surface area contributed by atoms with Gasteiger partial charge in [0.15, 0.2) is 0 Å². The highest BCUT2D eigenvalue weighted by molar-refractivity contribution is 5.94. The van der Waals surface area contributed by atoms with E-state index in [0.29, 0.717) is 18.5 Å². The van der Waals surface area contributed by atoms with Crippen LogP contribution in [-0.2, 0) is 22.7 Å².